The van der Waals surface area contributed by atoms with E-state index in [1.165, 1.54) is 0 Å². The van der Waals surface area contributed by atoms with Gasteiger partial charge in [0.1, 0.15) is 11.2 Å². The van der Waals surface area contributed by atoms with E-state index in [1.807, 2.05) is 37.3 Å². The first-order chi connectivity index (χ1) is 7.75. The van der Waals surface area contributed by atoms with E-state index >= 15 is 0 Å². The Morgan fingerprint density at radius 3 is 3.00 bits per heavy atom. The molecule has 1 aliphatic heterocycles. The summed E-state index contributed by atoms with van der Waals surface area (Å²) >= 11 is 3.36. The van der Waals surface area contributed by atoms with Gasteiger partial charge in [-0.2, -0.15) is 0 Å². The second kappa shape index (κ2) is 5.16. The first-order valence-electron chi connectivity index (χ1n) is 5.00. The van der Waals surface area contributed by atoms with Crippen LogP contribution in [0.3, 0.4) is 0 Å². The van der Waals surface area contributed by atoms with Crippen LogP contribution in [0.5, 0.6) is 5.75 Å². The molecule has 1 unspecified atom stereocenters. The third-order valence-corrected chi connectivity index (χ3v) is 2.69. The first-order valence-corrected chi connectivity index (χ1v) is 5.80. The molecule has 0 aliphatic carbocycles. The third-order valence-electron chi connectivity index (χ3n) is 2.13. The topological polar surface area (TPSA) is 31.4 Å². The Labute approximate surface area is 103 Å². The maximum atomic E-state index is 5.61. The van der Waals surface area contributed by atoms with Crippen molar-refractivity contribution in [3.63, 3.8) is 0 Å². The smallest absolute Gasteiger partial charge is 0.152 e. The first kappa shape index (κ1) is 11.2. The van der Waals surface area contributed by atoms with Gasteiger partial charge in [-0.1, -0.05) is 6.08 Å². The second-order valence-electron chi connectivity index (χ2n) is 3.44. The van der Waals surface area contributed by atoms with Crippen molar-refractivity contribution in [2.45, 2.75) is 13.0 Å². The van der Waals surface area contributed by atoms with E-state index in [2.05, 4.69) is 20.9 Å². The summed E-state index contributed by atoms with van der Waals surface area (Å²) in [7, 11) is 0. The molecule has 1 atom stereocenters. The van der Waals surface area contributed by atoms with E-state index in [9.17, 15) is 0 Å². The number of aryl methyl sites for hydroxylation is 1. The third kappa shape index (κ3) is 2.85. The Morgan fingerprint density at radius 1 is 1.44 bits per heavy atom. The fourth-order valence-corrected chi connectivity index (χ4v) is 1.84. The molecule has 2 rings (SSSR count). The number of aromatic nitrogens is 1. The molecule has 0 bridgehead atoms. The van der Waals surface area contributed by atoms with Gasteiger partial charge in [0.25, 0.3) is 0 Å². The van der Waals surface area contributed by atoms with E-state index < -0.39 is 0 Å². The lowest BCUT2D eigenvalue weighted by Gasteiger charge is -2.16. The van der Waals surface area contributed by atoms with Crippen molar-refractivity contribution >= 4 is 15.9 Å². The molecule has 2 heterocycles. The van der Waals surface area contributed by atoms with Gasteiger partial charge >= 0.3 is 0 Å². The minimum absolute atomic E-state index is 0.0294. The Balaban J connectivity index is 1.94. The van der Waals surface area contributed by atoms with Crippen LogP contribution < -0.4 is 4.74 Å². The SMILES string of the molecule is Cc1ccc(OCC2C=CC=CO2)c(Br)n1. The van der Waals surface area contributed by atoms with Gasteiger partial charge in [0.15, 0.2) is 11.9 Å². The van der Waals surface area contributed by atoms with Crippen molar-refractivity contribution < 1.29 is 9.47 Å². The van der Waals surface area contributed by atoms with Crippen LogP contribution in [0.4, 0.5) is 0 Å². The van der Waals surface area contributed by atoms with E-state index in [-0.39, 0.29) is 6.10 Å². The van der Waals surface area contributed by atoms with Gasteiger partial charge < -0.3 is 9.47 Å². The molecule has 0 fully saturated rings. The fraction of sp³-hybridized carbons (Fsp3) is 0.250. The van der Waals surface area contributed by atoms with Crippen LogP contribution in [0.2, 0.25) is 0 Å². The van der Waals surface area contributed by atoms with Crippen molar-refractivity contribution in [1.82, 2.24) is 4.98 Å². The molecule has 0 amide bonds. The average Bonchev–Trinajstić information content (AvgIpc) is 2.29. The summed E-state index contributed by atoms with van der Waals surface area (Å²) in [5.41, 5.74) is 0.955. The average molecular weight is 282 g/mol. The number of pyridine rings is 1. The summed E-state index contributed by atoms with van der Waals surface area (Å²) in [6.45, 7) is 2.41. The Bertz CT molecular complexity index is 429. The van der Waals surface area contributed by atoms with Crippen LogP contribution in [0.15, 0.2) is 41.2 Å². The van der Waals surface area contributed by atoms with Crippen LogP contribution in [0, 0.1) is 6.92 Å². The zero-order chi connectivity index (χ0) is 11.4. The molecule has 4 heteroatoms. The van der Waals surface area contributed by atoms with Crippen molar-refractivity contribution in [3.05, 3.63) is 46.9 Å². The van der Waals surface area contributed by atoms with Gasteiger partial charge in [0, 0.05) is 5.69 Å². The maximum absolute atomic E-state index is 5.61. The van der Waals surface area contributed by atoms with E-state index in [0.717, 1.165) is 16.0 Å². The largest absolute Gasteiger partial charge is 0.490 e. The summed E-state index contributed by atoms with van der Waals surface area (Å²) in [5.74, 6) is 0.733. The van der Waals surface area contributed by atoms with Crippen molar-refractivity contribution in [2.24, 2.45) is 0 Å². The molecule has 84 valence electrons. The van der Waals surface area contributed by atoms with Gasteiger partial charge in [-0.05, 0) is 47.1 Å². The zero-order valence-corrected chi connectivity index (χ0v) is 10.5. The number of hydrogen-bond donors (Lipinski definition) is 0. The summed E-state index contributed by atoms with van der Waals surface area (Å²) in [5, 5.41) is 0. The maximum Gasteiger partial charge on any atom is 0.152 e. The molecule has 0 N–H and O–H groups in total. The Kier molecular flexibility index (Phi) is 3.62. The molecule has 16 heavy (non-hydrogen) atoms. The highest BCUT2D eigenvalue weighted by atomic mass is 79.9. The molecule has 0 aromatic carbocycles. The molecular formula is C12H12BrNO2. The molecule has 0 saturated heterocycles. The molecule has 1 aromatic heterocycles. The molecule has 0 saturated carbocycles. The van der Waals surface area contributed by atoms with Crippen LogP contribution in [0.25, 0.3) is 0 Å². The summed E-state index contributed by atoms with van der Waals surface area (Å²) < 4.78 is 11.7. The number of nitrogens with zero attached hydrogens (tertiary/aromatic N) is 1. The number of rotatable bonds is 3. The van der Waals surface area contributed by atoms with Crippen molar-refractivity contribution in [1.29, 1.82) is 0 Å². The lowest BCUT2D eigenvalue weighted by atomic mass is 10.3. The predicted octanol–water partition coefficient (Wildman–Crippen LogP) is 3.00. The molecule has 1 aliphatic rings. The Morgan fingerprint density at radius 2 is 2.31 bits per heavy atom. The lowest BCUT2D eigenvalue weighted by molar-refractivity contribution is 0.120. The van der Waals surface area contributed by atoms with E-state index in [0.29, 0.717) is 6.61 Å². The van der Waals surface area contributed by atoms with Gasteiger partial charge in [-0.25, -0.2) is 4.98 Å². The molecule has 1 aromatic rings. The number of hydrogen-bond acceptors (Lipinski definition) is 3. The summed E-state index contributed by atoms with van der Waals surface area (Å²) in [6.07, 6.45) is 7.38. The second-order valence-corrected chi connectivity index (χ2v) is 4.19. The predicted molar refractivity (Wildman–Crippen MR) is 65.3 cm³/mol. The van der Waals surface area contributed by atoms with Crippen LogP contribution in [0.1, 0.15) is 5.69 Å². The van der Waals surface area contributed by atoms with Crippen LogP contribution >= 0.6 is 15.9 Å². The van der Waals surface area contributed by atoms with E-state index in [1.54, 1.807) is 6.26 Å². The van der Waals surface area contributed by atoms with Crippen LogP contribution in [-0.4, -0.2) is 17.7 Å². The molecular weight excluding hydrogens is 270 g/mol. The van der Waals surface area contributed by atoms with Gasteiger partial charge in [-0.3, -0.25) is 0 Å². The van der Waals surface area contributed by atoms with Gasteiger partial charge in [0.2, 0.25) is 0 Å². The normalized spacial score (nSPS) is 18.2. The Hall–Kier alpha value is -1.29. The molecule has 0 spiro atoms. The number of allylic oxidation sites excluding steroid dienone is 2. The number of ether oxygens (including phenoxy) is 2. The zero-order valence-electron chi connectivity index (χ0n) is 8.89. The fourth-order valence-electron chi connectivity index (χ4n) is 1.31. The monoisotopic (exact) mass is 281 g/mol. The van der Waals surface area contributed by atoms with Gasteiger partial charge in [0.05, 0.1) is 6.26 Å². The quantitative estimate of drug-likeness (QED) is 0.799. The lowest BCUT2D eigenvalue weighted by Crippen LogP contribution is -2.18. The molecule has 3 nitrogen and oxygen atoms in total. The molecule has 0 radical (unpaired) electrons. The van der Waals surface area contributed by atoms with Crippen molar-refractivity contribution in [2.75, 3.05) is 6.61 Å². The minimum atomic E-state index is -0.0294. The van der Waals surface area contributed by atoms with Crippen molar-refractivity contribution in [3.8, 4) is 5.75 Å². The standard InChI is InChI=1S/C12H12BrNO2/c1-9-5-6-11(12(13)14-9)16-8-10-4-2-3-7-15-10/h2-7,10H,8H2,1H3. The summed E-state index contributed by atoms with van der Waals surface area (Å²) in [4.78, 5) is 4.26. The minimum Gasteiger partial charge on any atom is -0.490 e. The van der Waals surface area contributed by atoms with Crippen LogP contribution in [-0.2, 0) is 4.74 Å². The highest BCUT2D eigenvalue weighted by molar-refractivity contribution is 9.10. The number of halogens is 1. The highest BCUT2D eigenvalue weighted by Crippen LogP contribution is 2.23. The van der Waals surface area contributed by atoms with Gasteiger partial charge in [-0.15, -0.1) is 0 Å². The highest BCUT2D eigenvalue weighted by Gasteiger charge is 2.09. The summed E-state index contributed by atoms with van der Waals surface area (Å²) in [6, 6.07) is 3.81. The van der Waals surface area contributed by atoms with E-state index in [4.69, 9.17) is 9.47 Å².